The van der Waals surface area contributed by atoms with E-state index in [1.54, 1.807) is 17.9 Å². The molecule has 122 valence electrons. The fourth-order valence-corrected chi connectivity index (χ4v) is 4.37. The summed E-state index contributed by atoms with van der Waals surface area (Å²) in [6.07, 6.45) is 2.65. The molecule has 22 heavy (non-hydrogen) atoms. The van der Waals surface area contributed by atoms with Gasteiger partial charge in [-0.25, -0.2) is 13.4 Å². The van der Waals surface area contributed by atoms with Crippen LogP contribution in [0.25, 0.3) is 0 Å². The molecule has 0 radical (unpaired) electrons. The van der Waals surface area contributed by atoms with E-state index in [2.05, 4.69) is 4.98 Å². The standard InChI is InChI=1S/C14H21N3O4S/c1-10-5-4-8-17(13(10)14(18)19)22(20,21)11-6-7-12(15-9-11)16(2)3/h6-7,9-10,13H,4-5,8H2,1-3H3,(H,18,19). The van der Waals surface area contributed by atoms with Gasteiger partial charge >= 0.3 is 5.97 Å². The van der Waals surface area contributed by atoms with Gasteiger partial charge in [0.1, 0.15) is 16.8 Å². The number of anilines is 1. The van der Waals surface area contributed by atoms with E-state index in [0.29, 0.717) is 18.7 Å². The second-order valence-electron chi connectivity index (χ2n) is 5.76. The average Bonchev–Trinajstić information content (AvgIpc) is 2.46. The minimum Gasteiger partial charge on any atom is -0.480 e. The van der Waals surface area contributed by atoms with Crippen molar-refractivity contribution < 1.29 is 18.3 Å². The van der Waals surface area contributed by atoms with Crippen LogP contribution < -0.4 is 4.90 Å². The fourth-order valence-electron chi connectivity index (χ4n) is 2.71. The molecule has 8 heteroatoms. The van der Waals surface area contributed by atoms with Gasteiger partial charge in [-0.3, -0.25) is 4.79 Å². The van der Waals surface area contributed by atoms with Gasteiger partial charge in [0, 0.05) is 26.8 Å². The zero-order valence-corrected chi connectivity index (χ0v) is 13.7. The Hall–Kier alpha value is -1.67. The van der Waals surface area contributed by atoms with Gasteiger partial charge in [0.25, 0.3) is 0 Å². The highest BCUT2D eigenvalue weighted by Gasteiger charge is 2.41. The maximum atomic E-state index is 12.7. The summed E-state index contributed by atoms with van der Waals surface area (Å²) in [5, 5.41) is 9.38. The van der Waals surface area contributed by atoms with Gasteiger partial charge in [-0.1, -0.05) is 6.92 Å². The van der Waals surface area contributed by atoms with Crippen LogP contribution in [0.3, 0.4) is 0 Å². The SMILES string of the molecule is CC1CCCN(S(=O)(=O)c2ccc(N(C)C)nc2)C1C(=O)O. The van der Waals surface area contributed by atoms with E-state index in [4.69, 9.17) is 0 Å². The number of hydrogen-bond donors (Lipinski definition) is 1. The predicted molar refractivity (Wildman–Crippen MR) is 82.3 cm³/mol. The molecule has 0 spiro atoms. The molecule has 0 bridgehead atoms. The molecular weight excluding hydrogens is 306 g/mol. The summed E-state index contributed by atoms with van der Waals surface area (Å²) in [6, 6.07) is 2.05. The van der Waals surface area contributed by atoms with Crippen molar-refractivity contribution in [3.63, 3.8) is 0 Å². The van der Waals surface area contributed by atoms with Gasteiger partial charge in [-0.15, -0.1) is 0 Å². The number of aliphatic carboxylic acids is 1. The van der Waals surface area contributed by atoms with Crippen molar-refractivity contribution in [2.75, 3.05) is 25.5 Å². The number of carboxylic acids is 1. The van der Waals surface area contributed by atoms with Crippen LogP contribution in [-0.2, 0) is 14.8 Å². The number of aromatic nitrogens is 1. The third-order valence-corrected chi connectivity index (χ3v) is 5.79. The average molecular weight is 327 g/mol. The highest BCUT2D eigenvalue weighted by molar-refractivity contribution is 7.89. The third kappa shape index (κ3) is 3.07. The molecule has 0 amide bonds. The van der Waals surface area contributed by atoms with Crippen molar-refractivity contribution >= 4 is 21.8 Å². The summed E-state index contributed by atoms with van der Waals surface area (Å²) in [5.74, 6) is -0.676. The van der Waals surface area contributed by atoms with E-state index >= 15 is 0 Å². The lowest BCUT2D eigenvalue weighted by Crippen LogP contribution is -2.51. The molecule has 0 aromatic carbocycles. The zero-order valence-electron chi connectivity index (χ0n) is 12.9. The van der Waals surface area contributed by atoms with E-state index in [9.17, 15) is 18.3 Å². The lowest BCUT2D eigenvalue weighted by molar-refractivity contribution is -0.144. The molecule has 2 atom stereocenters. The topological polar surface area (TPSA) is 90.8 Å². The monoisotopic (exact) mass is 327 g/mol. The first-order valence-corrected chi connectivity index (χ1v) is 8.57. The summed E-state index contributed by atoms with van der Waals surface area (Å²) >= 11 is 0. The minimum absolute atomic E-state index is 0.0263. The summed E-state index contributed by atoms with van der Waals surface area (Å²) in [5.41, 5.74) is 0. The number of hydrogen-bond acceptors (Lipinski definition) is 5. The quantitative estimate of drug-likeness (QED) is 0.888. The number of pyridine rings is 1. The Morgan fingerprint density at radius 1 is 1.41 bits per heavy atom. The maximum absolute atomic E-state index is 12.7. The van der Waals surface area contributed by atoms with Gasteiger partial charge in [-0.05, 0) is 30.9 Å². The van der Waals surface area contributed by atoms with E-state index in [1.807, 2.05) is 14.1 Å². The van der Waals surface area contributed by atoms with Crippen molar-refractivity contribution in [2.24, 2.45) is 5.92 Å². The lowest BCUT2D eigenvalue weighted by Gasteiger charge is -2.36. The molecule has 7 nitrogen and oxygen atoms in total. The predicted octanol–water partition coefficient (Wildman–Crippen LogP) is 1.02. The van der Waals surface area contributed by atoms with Crippen LogP contribution in [0.5, 0.6) is 0 Å². The van der Waals surface area contributed by atoms with Crippen molar-refractivity contribution in [2.45, 2.75) is 30.7 Å². The fraction of sp³-hybridized carbons (Fsp3) is 0.571. The van der Waals surface area contributed by atoms with Gasteiger partial charge < -0.3 is 10.0 Å². The molecular formula is C14H21N3O4S. The number of sulfonamides is 1. The summed E-state index contributed by atoms with van der Waals surface area (Å²) < 4.78 is 26.6. The Morgan fingerprint density at radius 2 is 2.09 bits per heavy atom. The van der Waals surface area contributed by atoms with Crippen LogP contribution in [0.15, 0.2) is 23.2 Å². The van der Waals surface area contributed by atoms with Crippen molar-refractivity contribution in [3.8, 4) is 0 Å². The van der Waals surface area contributed by atoms with Crippen molar-refractivity contribution in [1.82, 2.24) is 9.29 Å². The molecule has 1 fully saturated rings. The molecule has 1 aliphatic rings. The highest BCUT2D eigenvalue weighted by atomic mass is 32.2. The molecule has 1 saturated heterocycles. The zero-order chi connectivity index (χ0) is 16.5. The molecule has 2 rings (SSSR count). The second-order valence-corrected chi connectivity index (χ2v) is 7.66. The van der Waals surface area contributed by atoms with Crippen LogP contribution >= 0.6 is 0 Å². The van der Waals surface area contributed by atoms with E-state index < -0.39 is 22.0 Å². The molecule has 1 N–H and O–H groups in total. The Bertz CT molecular complexity index is 643. The van der Waals surface area contributed by atoms with Crippen molar-refractivity contribution in [1.29, 1.82) is 0 Å². The van der Waals surface area contributed by atoms with Crippen LogP contribution in [0.4, 0.5) is 5.82 Å². The first-order valence-electron chi connectivity index (χ1n) is 7.13. The molecule has 0 saturated carbocycles. The summed E-state index contributed by atoms with van der Waals surface area (Å²) in [4.78, 5) is 17.4. The normalized spacial score (nSPS) is 23.2. The van der Waals surface area contributed by atoms with Crippen LogP contribution in [0.2, 0.25) is 0 Å². The smallest absolute Gasteiger partial charge is 0.322 e. The van der Waals surface area contributed by atoms with Gasteiger partial charge in [-0.2, -0.15) is 4.31 Å². The molecule has 2 unspecified atom stereocenters. The summed E-state index contributed by atoms with van der Waals surface area (Å²) in [6.45, 7) is 1.99. The number of carboxylic acid groups (broad SMARTS) is 1. The van der Waals surface area contributed by atoms with Crippen molar-refractivity contribution in [3.05, 3.63) is 18.3 Å². The van der Waals surface area contributed by atoms with E-state index in [0.717, 1.165) is 4.31 Å². The van der Waals surface area contributed by atoms with Gasteiger partial charge in [0.05, 0.1) is 0 Å². The summed E-state index contributed by atoms with van der Waals surface area (Å²) in [7, 11) is -0.242. The van der Waals surface area contributed by atoms with E-state index in [-0.39, 0.29) is 17.4 Å². The third-order valence-electron chi connectivity index (χ3n) is 3.93. The second kappa shape index (κ2) is 6.21. The number of nitrogens with zero attached hydrogens (tertiary/aromatic N) is 3. The minimum atomic E-state index is -3.86. The number of carbonyl (C=O) groups is 1. The molecule has 0 aliphatic carbocycles. The maximum Gasteiger partial charge on any atom is 0.322 e. The molecule has 2 heterocycles. The lowest BCUT2D eigenvalue weighted by atomic mass is 9.93. The number of piperidine rings is 1. The first-order chi connectivity index (χ1) is 10.2. The largest absolute Gasteiger partial charge is 0.480 e. The molecule has 1 aliphatic heterocycles. The molecule has 1 aromatic rings. The van der Waals surface area contributed by atoms with Gasteiger partial charge in [0.2, 0.25) is 10.0 Å². The Labute approximate surface area is 130 Å². The van der Waals surface area contributed by atoms with E-state index in [1.165, 1.54) is 12.3 Å². The Morgan fingerprint density at radius 3 is 2.59 bits per heavy atom. The number of rotatable bonds is 4. The van der Waals surface area contributed by atoms with Crippen LogP contribution in [-0.4, -0.2) is 55.5 Å². The van der Waals surface area contributed by atoms with Crippen LogP contribution in [0.1, 0.15) is 19.8 Å². The highest BCUT2D eigenvalue weighted by Crippen LogP contribution is 2.29. The van der Waals surface area contributed by atoms with Gasteiger partial charge in [0.15, 0.2) is 0 Å². The Balaban J connectivity index is 2.37. The van der Waals surface area contributed by atoms with Crippen LogP contribution in [0, 0.1) is 5.92 Å². The molecule has 1 aromatic heterocycles. The first kappa shape index (κ1) is 16.7. The Kier molecular flexibility index (Phi) is 4.72.